The van der Waals surface area contributed by atoms with E-state index in [0.29, 0.717) is 30.4 Å². The Bertz CT molecular complexity index is 974. The Balaban J connectivity index is 1.58. The van der Waals surface area contributed by atoms with Gasteiger partial charge in [0.15, 0.2) is 0 Å². The van der Waals surface area contributed by atoms with Crippen LogP contribution in [0, 0.1) is 0 Å². The van der Waals surface area contributed by atoms with Crippen molar-refractivity contribution in [3.05, 3.63) is 66.2 Å². The van der Waals surface area contributed by atoms with Gasteiger partial charge in [-0.2, -0.15) is 9.29 Å². The van der Waals surface area contributed by atoms with Crippen LogP contribution in [0.4, 0.5) is 0 Å². The van der Waals surface area contributed by atoms with Gasteiger partial charge in [0, 0.05) is 12.7 Å². The van der Waals surface area contributed by atoms with Crippen molar-refractivity contribution in [2.24, 2.45) is 0 Å². The molecule has 1 aliphatic heterocycles. The van der Waals surface area contributed by atoms with Gasteiger partial charge in [-0.25, -0.2) is 8.42 Å². The van der Waals surface area contributed by atoms with E-state index in [9.17, 15) is 8.42 Å². The van der Waals surface area contributed by atoms with Crippen LogP contribution in [0.3, 0.4) is 0 Å². The third-order valence-corrected chi connectivity index (χ3v) is 6.22. The van der Waals surface area contributed by atoms with Crippen molar-refractivity contribution in [3.8, 4) is 11.5 Å². The minimum Gasteiger partial charge on any atom is -0.337 e. The minimum absolute atomic E-state index is 0.0361. The first-order valence-electron chi connectivity index (χ1n) is 8.42. The summed E-state index contributed by atoms with van der Waals surface area (Å²) in [5, 5.41) is 3.96. The molecule has 0 radical (unpaired) electrons. The molecule has 3 aromatic rings. The summed E-state index contributed by atoms with van der Waals surface area (Å²) in [6.45, 7) is 0.459. The van der Waals surface area contributed by atoms with Gasteiger partial charge in [-0.15, -0.1) is 0 Å². The van der Waals surface area contributed by atoms with E-state index in [4.69, 9.17) is 4.52 Å². The van der Waals surface area contributed by atoms with E-state index in [2.05, 4.69) is 15.1 Å². The van der Waals surface area contributed by atoms with Crippen molar-refractivity contribution in [1.29, 1.82) is 0 Å². The van der Waals surface area contributed by atoms with Crippen molar-refractivity contribution in [1.82, 2.24) is 19.4 Å². The van der Waals surface area contributed by atoms with Gasteiger partial charge in [0.25, 0.3) is 0 Å². The molecule has 1 aromatic carbocycles. The fourth-order valence-corrected chi connectivity index (χ4v) is 4.93. The van der Waals surface area contributed by atoms with Gasteiger partial charge in [0.05, 0.1) is 5.75 Å². The number of rotatable bonds is 5. The largest absolute Gasteiger partial charge is 0.337 e. The third-order valence-electron chi connectivity index (χ3n) is 4.37. The van der Waals surface area contributed by atoms with Gasteiger partial charge in [0.1, 0.15) is 11.7 Å². The Morgan fingerprint density at radius 2 is 1.92 bits per heavy atom. The molecule has 3 heterocycles. The zero-order valence-corrected chi connectivity index (χ0v) is 14.8. The summed E-state index contributed by atoms with van der Waals surface area (Å²) in [4.78, 5) is 8.58. The van der Waals surface area contributed by atoms with Crippen LogP contribution in [-0.2, 0) is 15.8 Å². The molecule has 0 spiro atoms. The molecule has 134 valence electrons. The van der Waals surface area contributed by atoms with Crippen molar-refractivity contribution in [2.45, 2.75) is 24.6 Å². The molecule has 1 unspecified atom stereocenters. The van der Waals surface area contributed by atoms with Crippen LogP contribution in [-0.4, -0.2) is 34.4 Å². The summed E-state index contributed by atoms with van der Waals surface area (Å²) in [5.41, 5.74) is 1.36. The second-order valence-corrected chi connectivity index (χ2v) is 8.10. The van der Waals surface area contributed by atoms with Crippen LogP contribution in [0.25, 0.3) is 11.5 Å². The SMILES string of the molecule is O=S(=O)(Cc1ccccc1)N1CCCC1c1nc(-c2ccccn2)no1. The second-order valence-electron chi connectivity index (χ2n) is 6.18. The van der Waals surface area contributed by atoms with E-state index in [1.54, 1.807) is 18.3 Å². The highest BCUT2D eigenvalue weighted by Crippen LogP contribution is 2.35. The summed E-state index contributed by atoms with van der Waals surface area (Å²) in [5.74, 6) is 0.652. The van der Waals surface area contributed by atoms with Crippen molar-refractivity contribution in [2.75, 3.05) is 6.54 Å². The van der Waals surface area contributed by atoms with Crippen LogP contribution in [0.5, 0.6) is 0 Å². The Morgan fingerprint density at radius 3 is 2.69 bits per heavy atom. The first-order chi connectivity index (χ1) is 12.6. The van der Waals surface area contributed by atoms with E-state index >= 15 is 0 Å². The molecule has 1 aliphatic rings. The van der Waals surface area contributed by atoms with Crippen LogP contribution >= 0.6 is 0 Å². The van der Waals surface area contributed by atoms with Crippen LogP contribution in [0.2, 0.25) is 0 Å². The molecular formula is C18H18N4O3S. The van der Waals surface area contributed by atoms with Gasteiger partial charge >= 0.3 is 0 Å². The van der Waals surface area contributed by atoms with E-state index in [1.165, 1.54) is 4.31 Å². The summed E-state index contributed by atoms with van der Waals surface area (Å²) in [6.07, 6.45) is 3.08. The normalized spacial score (nSPS) is 18.2. The first kappa shape index (κ1) is 16.9. The zero-order chi connectivity index (χ0) is 18.0. The molecule has 0 N–H and O–H groups in total. The molecule has 2 aromatic heterocycles. The van der Waals surface area contributed by atoms with Crippen molar-refractivity contribution < 1.29 is 12.9 Å². The Labute approximate surface area is 151 Å². The fourth-order valence-electron chi connectivity index (χ4n) is 3.16. The molecule has 0 bridgehead atoms. The molecule has 26 heavy (non-hydrogen) atoms. The van der Waals surface area contributed by atoms with E-state index in [-0.39, 0.29) is 5.75 Å². The lowest BCUT2D eigenvalue weighted by Crippen LogP contribution is -2.31. The number of benzene rings is 1. The third kappa shape index (κ3) is 3.38. The predicted molar refractivity (Wildman–Crippen MR) is 95.3 cm³/mol. The second kappa shape index (κ2) is 6.97. The topological polar surface area (TPSA) is 89.2 Å². The number of nitrogens with zero attached hydrogens (tertiary/aromatic N) is 4. The Morgan fingerprint density at radius 1 is 1.12 bits per heavy atom. The smallest absolute Gasteiger partial charge is 0.245 e. The predicted octanol–water partition coefficient (Wildman–Crippen LogP) is 2.80. The number of hydrogen-bond donors (Lipinski definition) is 0. The maximum Gasteiger partial charge on any atom is 0.245 e. The van der Waals surface area contributed by atoms with Crippen LogP contribution in [0.1, 0.15) is 30.3 Å². The zero-order valence-electron chi connectivity index (χ0n) is 14.0. The molecule has 1 atom stereocenters. The van der Waals surface area contributed by atoms with E-state index in [0.717, 1.165) is 12.0 Å². The molecule has 4 rings (SSSR count). The highest BCUT2D eigenvalue weighted by molar-refractivity contribution is 7.88. The molecule has 7 nitrogen and oxygen atoms in total. The van der Waals surface area contributed by atoms with Crippen LogP contribution in [0.15, 0.2) is 59.3 Å². The molecule has 8 heteroatoms. The van der Waals surface area contributed by atoms with Crippen LogP contribution < -0.4 is 0 Å². The Hall–Kier alpha value is -2.58. The van der Waals surface area contributed by atoms with Gasteiger partial charge in [-0.3, -0.25) is 4.98 Å². The lowest BCUT2D eigenvalue weighted by Gasteiger charge is -2.21. The first-order valence-corrected chi connectivity index (χ1v) is 10.0. The number of pyridine rings is 1. The average molecular weight is 370 g/mol. The number of aromatic nitrogens is 3. The summed E-state index contributed by atoms with van der Waals surface area (Å²) in [6, 6.07) is 14.2. The molecular weight excluding hydrogens is 352 g/mol. The van der Waals surface area contributed by atoms with Gasteiger partial charge in [-0.05, 0) is 30.5 Å². The van der Waals surface area contributed by atoms with Crippen molar-refractivity contribution in [3.63, 3.8) is 0 Å². The van der Waals surface area contributed by atoms with E-state index in [1.807, 2.05) is 36.4 Å². The van der Waals surface area contributed by atoms with Crippen molar-refractivity contribution >= 4 is 10.0 Å². The standard InChI is InChI=1S/C18H18N4O3S/c23-26(24,13-14-7-2-1-3-8-14)22-12-6-10-16(22)18-20-17(21-25-18)15-9-4-5-11-19-15/h1-5,7-9,11,16H,6,10,12-13H2. The van der Waals surface area contributed by atoms with Gasteiger partial charge < -0.3 is 4.52 Å². The lowest BCUT2D eigenvalue weighted by molar-refractivity contribution is 0.290. The molecule has 0 saturated carbocycles. The minimum atomic E-state index is -3.48. The molecule has 1 fully saturated rings. The molecule has 0 amide bonds. The molecule has 0 aliphatic carbocycles. The molecule has 1 saturated heterocycles. The van der Waals surface area contributed by atoms with Gasteiger partial charge in [-0.1, -0.05) is 41.6 Å². The highest BCUT2D eigenvalue weighted by Gasteiger charge is 2.38. The average Bonchev–Trinajstić information content (AvgIpc) is 3.32. The fraction of sp³-hybridized carbons (Fsp3) is 0.278. The lowest BCUT2D eigenvalue weighted by atomic mass is 10.2. The summed E-state index contributed by atoms with van der Waals surface area (Å²) >= 11 is 0. The Kier molecular flexibility index (Phi) is 4.52. The monoisotopic (exact) mass is 370 g/mol. The number of sulfonamides is 1. The van der Waals surface area contributed by atoms with Gasteiger partial charge in [0.2, 0.25) is 21.7 Å². The number of hydrogen-bond acceptors (Lipinski definition) is 6. The summed E-state index contributed by atoms with van der Waals surface area (Å²) in [7, 11) is -3.48. The maximum absolute atomic E-state index is 12.9. The quantitative estimate of drug-likeness (QED) is 0.686. The maximum atomic E-state index is 12.9. The summed E-state index contributed by atoms with van der Waals surface area (Å²) < 4.78 is 32.6. The van der Waals surface area contributed by atoms with E-state index < -0.39 is 16.1 Å². The highest BCUT2D eigenvalue weighted by atomic mass is 32.2.